The van der Waals surface area contributed by atoms with Gasteiger partial charge in [0, 0.05) is 18.7 Å². The Kier molecular flexibility index (Phi) is 6.67. The Labute approximate surface area is 108 Å². The summed E-state index contributed by atoms with van der Waals surface area (Å²) in [7, 11) is 8.45. The van der Waals surface area contributed by atoms with Crippen LogP contribution in [0.15, 0.2) is 0 Å². The van der Waals surface area contributed by atoms with Crippen LogP contribution in [0.3, 0.4) is 0 Å². The molecule has 0 aliphatic heterocycles. The topological polar surface area (TPSA) is 15.7 Å². The second kappa shape index (κ2) is 6.72. The van der Waals surface area contributed by atoms with Crippen LogP contribution in [0.4, 0.5) is 0 Å². The zero-order valence-electron chi connectivity index (χ0n) is 13.1. The van der Waals surface area contributed by atoms with Crippen molar-refractivity contribution in [1.82, 2.24) is 9.80 Å². The van der Waals surface area contributed by atoms with Gasteiger partial charge in [-0.15, -0.1) is 0 Å². The van der Waals surface area contributed by atoms with Crippen molar-refractivity contribution in [2.45, 2.75) is 51.7 Å². The van der Waals surface area contributed by atoms with E-state index in [2.05, 4.69) is 65.7 Å². The summed E-state index contributed by atoms with van der Waals surface area (Å²) in [6.07, 6.45) is 2.13. The summed E-state index contributed by atoms with van der Waals surface area (Å²) in [5.41, 5.74) is 0.185. The zero-order chi connectivity index (χ0) is 13.7. The third-order valence-electron chi connectivity index (χ3n) is 3.58. The van der Waals surface area contributed by atoms with Gasteiger partial charge in [-0.1, -0.05) is 0 Å². The summed E-state index contributed by atoms with van der Waals surface area (Å²) in [6.45, 7) is 10.8. The quantitative estimate of drug-likeness (QED) is 0.652. The number of hydrogen-bond acceptors (Lipinski definition) is 3. The molecular weight excluding hydrogens is 212 g/mol. The Balaban J connectivity index is 3.94. The predicted octanol–water partition coefficient (Wildman–Crippen LogP) is 2.46. The molecular formula is C14H32N2O. The van der Waals surface area contributed by atoms with Gasteiger partial charge in [0.1, 0.15) is 0 Å². The lowest BCUT2D eigenvalue weighted by Gasteiger charge is -2.34. The van der Waals surface area contributed by atoms with Crippen LogP contribution >= 0.6 is 0 Å². The molecule has 0 fully saturated rings. The first-order chi connectivity index (χ1) is 7.57. The molecule has 0 atom stereocenters. The van der Waals surface area contributed by atoms with Crippen molar-refractivity contribution in [3.63, 3.8) is 0 Å². The van der Waals surface area contributed by atoms with Gasteiger partial charge in [-0.3, -0.25) is 0 Å². The minimum absolute atomic E-state index is 0.0212. The summed E-state index contributed by atoms with van der Waals surface area (Å²) < 4.78 is 6.01. The van der Waals surface area contributed by atoms with Crippen molar-refractivity contribution < 1.29 is 4.74 Å². The number of nitrogens with zero attached hydrogens (tertiary/aromatic N) is 2. The Hall–Kier alpha value is -0.120. The van der Waals surface area contributed by atoms with Gasteiger partial charge in [-0.2, -0.15) is 0 Å². The molecule has 17 heavy (non-hydrogen) atoms. The van der Waals surface area contributed by atoms with Gasteiger partial charge in [0.05, 0.1) is 5.60 Å². The maximum atomic E-state index is 6.01. The van der Waals surface area contributed by atoms with Gasteiger partial charge in [0.15, 0.2) is 0 Å². The molecule has 0 bridgehead atoms. The molecule has 0 aromatic heterocycles. The van der Waals surface area contributed by atoms with Crippen molar-refractivity contribution >= 4 is 0 Å². The van der Waals surface area contributed by atoms with Crippen LogP contribution in [0.1, 0.15) is 40.5 Å². The fourth-order valence-electron chi connectivity index (χ4n) is 1.37. The van der Waals surface area contributed by atoms with Gasteiger partial charge in [-0.25, -0.2) is 0 Å². The average molecular weight is 244 g/mol. The lowest BCUT2D eigenvalue weighted by atomic mass is 9.99. The molecule has 0 aliphatic rings. The minimum Gasteiger partial charge on any atom is -0.375 e. The molecule has 0 saturated carbocycles. The van der Waals surface area contributed by atoms with Crippen molar-refractivity contribution in [2.75, 3.05) is 41.3 Å². The van der Waals surface area contributed by atoms with E-state index in [4.69, 9.17) is 4.74 Å². The highest BCUT2D eigenvalue weighted by molar-refractivity contribution is 4.78. The van der Waals surface area contributed by atoms with Crippen LogP contribution in [0.2, 0.25) is 0 Å². The van der Waals surface area contributed by atoms with E-state index in [1.54, 1.807) is 0 Å². The van der Waals surface area contributed by atoms with Gasteiger partial charge in [-0.05, 0) is 68.7 Å². The number of rotatable bonds is 8. The second-order valence-corrected chi connectivity index (χ2v) is 6.62. The summed E-state index contributed by atoms with van der Waals surface area (Å²) in [4.78, 5) is 4.46. The summed E-state index contributed by atoms with van der Waals surface area (Å²) >= 11 is 0. The highest BCUT2D eigenvalue weighted by Crippen LogP contribution is 2.19. The zero-order valence-corrected chi connectivity index (χ0v) is 13.1. The third kappa shape index (κ3) is 7.74. The third-order valence-corrected chi connectivity index (χ3v) is 3.58. The molecule has 3 nitrogen and oxygen atoms in total. The highest BCUT2D eigenvalue weighted by Gasteiger charge is 2.23. The second-order valence-electron chi connectivity index (χ2n) is 6.62. The van der Waals surface area contributed by atoms with Crippen molar-refractivity contribution in [1.29, 1.82) is 0 Å². The van der Waals surface area contributed by atoms with Crippen molar-refractivity contribution in [2.24, 2.45) is 0 Å². The molecule has 0 amide bonds. The van der Waals surface area contributed by atoms with Gasteiger partial charge in [0.25, 0.3) is 0 Å². The largest absolute Gasteiger partial charge is 0.375 e. The smallest absolute Gasteiger partial charge is 0.0638 e. The van der Waals surface area contributed by atoms with Gasteiger partial charge < -0.3 is 14.5 Å². The summed E-state index contributed by atoms with van der Waals surface area (Å²) in [5, 5.41) is 0. The van der Waals surface area contributed by atoms with E-state index < -0.39 is 0 Å². The first-order valence-electron chi connectivity index (χ1n) is 6.53. The first-order valence-corrected chi connectivity index (χ1v) is 6.53. The molecule has 0 aliphatic carbocycles. The molecule has 0 aromatic rings. The van der Waals surface area contributed by atoms with E-state index in [1.165, 1.54) is 0 Å². The van der Waals surface area contributed by atoms with E-state index in [-0.39, 0.29) is 11.1 Å². The lowest BCUT2D eigenvalue weighted by molar-refractivity contribution is -0.0399. The molecule has 0 rings (SSSR count). The molecule has 0 radical (unpaired) electrons. The molecule has 0 unspecified atom stereocenters. The monoisotopic (exact) mass is 244 g/mol. The molecule has 0 N–H and O–H groups in total. The Morgan fingerprint density at radius 2 is 1.41 bits per heavy atom. The number of hydrogen-bond donors (Lipinski definition) is 0. The molecule has 0 heterocycles. The van der Waals surface area contributed by atoms with Crippen molar-refractivity contribution in [3.8, 4) is 0 Å². The van der Waals surface area contributed by atoms with Crippen LogP contribution in [-0.4, -0.2) is 62.3 Å². The Bertz CT molecular complexity index is 210. The van der Waals surface area contributed by atoms with E-state index in [0.29, 0.717) is 0 Å². The van der Waals surface area contributed by atoms with E-state index in [9.17, 15) is 0 Å². The fraction of sp³-hybridized carbons (Fsp3) is 1.00. The molecule has 0 aromatic carbocycles. The normalized spacial score (nSPS) is 13.8. The number of ether oxygens (including phenoxy) is 1. The van der Waals surface area contributed by atoms with E-state index in [0.717, 1.165) is 26.0 Å². The van der Waals surface area contributed by atoms with Crippen LogP contribution in [-0.2, 0) is 4.74 Å². The maximum absolute atomic E-state index is 6.01. The first kappa shape index (κ1) is 16.9. The molecule has 3 heteroatoms. The fourth-order valence-corrected chi connectivity index (χ4v) is 1.37. The lowest BCUT2D eigenvalue weighted by Crippen LogP contribution is -2.40. The van der Waals surface area contributed by atoms with Crippen LogP contribution in [0.5, 0.6) is 0 Å². The average Bonchev–Trinajstić information content (AvgIpc) is 2.14. The maximum Gasteiger partial charge on any atom is 0.0638 e. The van der Waals surface area contributed by atoms with Gasteiger partial charge >= 0.3 is 0 Å². The highest BCUT2D eigenvalue weighted by atomic mass is 16.5. The predicted molar refractivity (Wildman–Crippen MR) is 75.6 cm³/mol. The summed E-state index contributed by atoms with van der Waals surface area (Å²) in [5.74, 6) is 0. The van der Waals surface area contributed by atoms with Crippen molar-refractivity contribution in [3.05, 3.63) is 0 Å². The summed E-state index contributed by atoms with van der Waals surface area (Å²) in [6, 6.07) is 0. The standard InChI is InChI=1S/C14H32N2O/c1-13(2,16(7)8)10-12-17-14(3,4)9-11-15(5)6/h9-12H2,1-8H3. The van der Waals surface area contributed by atoms with E-state index in [1.807, 2.05) is 0 Å². The van der Waals surface area contributed by atoms with Crippen LogP contribution in [0, 0.1) is 0 Å². The van der Waals surface area contributed by atoms with E-state index >= 15 is 0 Å². The molecule has 104 valence electrons. The molecule has 0 spiro atoms. The Morgan fingerprint density at radius 1 is 0.882 bits per heavy atom. The van der Waals surface area contributed by atoms with Crippen LogP contribution < -0.4 is 0 Å². The van der Waals surface area contributed by atoms with Crippen LogP contribution in [0.25, 0.3) is 0 Å². The van der Waals surface area contributed by atoms with Gasteiger partial charge in [0.2, 0.25) is 0 Å². The Morgan fingerprint density at radius 3 is 1.82 bits per heavy atom. The minimum atomic E-state index is -0.0212. The SMILES string of the molecule is CN(C)CCC(C)(C)OCCC(C)(C)N(C)C. The molecule has 0 saturated heterocycles.